The highest BCUT2D eigenvalue weighted by Gasteiger charge is 2.70. The van der Waals surface area contributed by atoms with Crippen LogP contribution in [0.3, 0.4) is 0 Å². The van der Waals surface area contributed by atoms with Crippen molar-refractivity contribution in [2.75, 3.05) is 13.2 Å². The number of nitrogens with zero attached hydrogens (tertiary/aromatic N) is 1. The van der Waals surface area contributed by atoms with Crippen LogP contribution in [0.25, 0.3) is 0 Å². The van der Waals surface area contributed by atoms with E-state index in [1.807, 2.05) is 41.5 Å². The molecule has 0 spiro atoms. The number of hydrogen-bond acceptors (Lipinski definition) is 7. The summed E-state index contributed by atoms with van der Waals surface area (Å²) >= 11 is 0. The van der Waals surface area contributed by atoms with E-state index >= 15 is 0 Å². The van der Waals surface area contributed by atoms with E-state index in [0.29, 0.717) is 13.0 Å². The summed E-state index contributed by atoms with van der Waals surface area (Å²) in [6, 6.07) is -4.07. The first-order valence-electron chi connectivity index (χ1n) is 16.6. The maximum Gasteiger partial charge on any atom is 0.315 e. The molecule has 1 aliphatic heterocycles. The van der Waals surface area contributed by atoms with Crippen LogP contribution in [0.15, 0.2) is 0 Å². The van der Waals surface area contributed by atoms with Gasteiger partial charge in [-0.15, -0.1) is 0 Å². The van der Waals surface area contributed by atoms with E-state index in [9.17, 15) is 28.8 Å². The van der Waals surface area contributed by atoms with Gasteiger partial charge >= 0.3 is 12.0 Å². The maximum atomic E-state index is 14.3. The minimum absolute atomic E-state index is 0.0417. The van der Waals surface area contributed by atoms with Gasteiger partial charge in [0.15, 0.2) is 0 Å². The van der Waals surface area contributed by atoms with Gasteiger partial charge in [-0.05, 0) is 61.2 Å². The summed E-state index contributed by atoms with van der Waals surface area (Å²) in [7, 11) is 0. The molecule has 12 nitrogen and oxygen atoms in total. The molecule has 0 aromatic heterocycles. The number of ether oxygens (including phenoxy) is 1. The van der Waals surface area contributed by atoms with Crippen molar-refractivity contribution < 1.29 is 33.5 Å². The van der Waals surface area contributed by atoms with Crippen molar-refractivity contribution in [2.24, 2.45) is 45.1 Å². The zero-order valence-corrected chi connectivity index (χ0v) is 29.7. The standard InChI is InChI=1S/C34H57N5O7/c1-31(2,3)21(17-46-29(44)33(7,8)9)37-30(45)38-25(32(4,5)6)28(43)39-16-19-22(34(19,10)11)23(39)27(42)36-20(24(40)26(35)41)15-18-13-12-14-18/h18-23,25H,12-17H2,1-11H3,(H2,35,41)(H,36,42)(H2,37,38,45)/t19-,20?,21+,22-,23-,25+/m0/s1. The SMILES string of the molecule is CC(C)(C)C(=O)OC[C@@H](NC(=O)N[C@H](C(=O)N1C[C@H]2[C@@H]([C@H]1C(=O)NC(CC1CCC1)C(=O)C(N)=O)C2(C)C)C(C)(C)C)C(C)(C)C. The number of rotatable bonds is 11. The summed E-state index contributed by atoms with van der Waals surface area (Å²) in [6.07, 6.45) is 3.20. The number of piperidine rings is 1. The van der Waals surface area contributed by atoms with Gasteiger partial charge in [0.25, 0.3) is 5.91 Å². The van der Waals surface area contributed by atoms with Gasteiger partial charge in [-0.2, -0.15) is 0 Å². The fourth-order valence-corrected chi connectivity index (χ4v) is 6.56. The summed E-state index contributed by atoms with van der Waals surface area (Å²) in [6.45, 7) is 20.9. The van der Waals surface area contributed by atoms with Crippen LogP contribution in [0, 0.1) is 39.4 Å². The molecule has 5 amide bonds. The van der Waals surface area contributed by atoms with Gasteiger partial charge in [0.1, 0.15) is 18.7 Å². The molecule has 2 aliphatic carbocycles. The molecule has 12 heteroatoms. The molecule has 6 atom stereocenters. The van der Waals surface area contributed by atoms with Crippen molar-refractivity contribution in [1.29, 1.82) is 0 Å². The van der Waals surface area contributed by atoms with Crippen molar-refractivity contribution in [3.8, 4) is 0 Å². The van der Waals surface area contributed by atoms with E-state index in [1.165, 1.54) is 4.90 Å². The van der Waals surface area contributed by atoms with Gasteiger partial charge < -0.3 is 31.3 Å². The minimum Gasteiger partial charge on any atom is -0.463 e. The summed E-state index contributed by atoms with van der Waals surface area (Å²) in [5, 5.41) is 8.54. The Labute approximate surface area is 274 Å². The highest BCUT2D eigenvalue weighted by Crippen LogP contribution is 2.65. The maximum absolute atomic E-state index is 14.3. The second-order valence-corrected chi connectivity index (χ2v) is 17.4. The van der Waals surface area contributed by atoms with Crippen LogP contribution in [-0.4, -0.2) is 77.7 Å². The first-order valence-corrected chi connectivity index (χ1v) is 16.6. The fourth-order valence-electron chi connectivity index (χ4n) is 6.56. The lowest BCUT2D eigenvalue weighted by Gasteiger charge is -2.39. The molecule has 5 N–H and O–H groups in total. The molecule has 3 rings (SSSR count). The largest absolute Gasteiger partial charge is 0.463 e. The molecule has 0 bridgehead atoms. The third-order valence-corrected chi connectivity index (χ3v) is 10.2. The number of Topliss-reactive ketones (excluding diaryl/α,β-unsaturated/α-hetero) is 1. The summed E-state index contributed by atoms with van der Waals surface area (Å²) in [4.78, 5) is 80.1. The van der Waals surface area contributed by atoms with E-state index in [0.717, 1.165) is 19.3 Å². The van der Waals surface area contributed by atoms with Crippen molar-refractivity contribution in [3.63, 3.8) is 0 Å². The summed E-state index contributed by atoms with van der Waals surface area (Å²) < 4.78 is 5.52. The predicted molar refractivity (Wildman–Crippen MR) is 173 cm³/mol. The van der Waals surface area contributed by atoms with Gasteiger partial charge in [-0.25, -0.2) is 4.79 Å². The molecule has 1 heterocycles. The molecule has 0 aromatic carbocycles. The third-order valence-electron chi connectivity index (χ3n) is 10.2. The van der Waals surface area contributed by atoms with Gasteiger partial charge in [-0.1, -0.05) is 74.7 Å². The quantitative estimate of drug-likeness (QED) is 0.197. The Morgan fingerprint density at radius 3 is 1.93 bits per heavy atom. The number of carbonyl (C=O) groups is 6. The van der Waals surface area contributed by atoms with E-state index in [-0.39, 0.29) is 35.7 Å². The van der Waals surface area contributed by atoms with Crippen LogP contribution in [-0.2, 0) is 28.7 Å². The molecule has 1 saturated heterocycles. The van der Waals surface area contributed by atoms with Gasteiger partial charge in [0.05, 0.1) is 17.5 Å². The normalized spacial score (nSPS) is 24.4. The van der Waals surface area contributed by atoms with Gasteiger partial charge in [-0.3, -0.25) is 24.0 Å². The van der Waals surface area contributed by atoms with Crippen LogP contribution in [0.5, 0.6) is 0 Å². The van der Waals surface area contributed by atoms with Gasteiger partial charge in [0.2, 0.25) is 17.6 Å². The van der Waals surface area contributed by atoms with Crippen LogP contribution in [0.2, 0.25) is 0 Å². The smallest absolute Gasteiger partial charge is 0.315 e. The molecule has 46 heavy (non-hydrogen) atoms. The number of hydrogen-bond donors (Lipinski definition) is 4. The Morgan fingerprint density at radius 1 is 0.891 bits per heavy atom. The molecule has 3 aliphatic rings. The molecule has 0 aromatic rings. The second-order valence-electron chi connectivity index (χ2n) is 17.4. The number of ketones is 1. The highest BCUT2D eigenvalue weighted by molar-refractivity contribution is 6.37. The number of fused-ring (bicyclic) bond motifs is 1. The van der Waals surface area contributed by atoms with E-state index in [1.54, 1.807) is 20.8 Å². The molecular formula is C34H57N5O7. The predicted octanol–water partition coefficient (Wildman–Crippen LogP) is 2.92. The van der Waals surface area contributed by atoms with Crippen LogP contribution in [0.1, 0.15) is 102 Å². The van der Waals surface area contributed by atoms with Crippen LogP contribution < -0.4 is 21.7 Å². The molecule has 3 fully saturated rings. The molecule has 0 radical (unpaired) electrons. The Bertz CT molecular complexity index is 1220. The lowest BCUT2D eigenvalue weighted by Crippen LogP contribution is -2.62. The number of likely N-dealkylation sites (tertiary alicyclic amines) is 1. The van der Waals surface area contributed by atoms with Crippen LogP contribution >= 0.6 is 0 Å². The van der Waals surface area contributed by atoms with E-state index < -0.39 is 69.9 Å². The average Bonchev–Trinajstić information content (AvgIpc) is 3.19. The van der Waals surface area contributed by atoms with Crippen molar-refractivity contribution in [3.05, 3.63) is 0 Å². The fraction of sp³-hybridized carbons (Fsp3) is 0.824. The number of nitrogens with two attached hydrogens (primary N) is 1. The van der Waals surface area contributed by atoms with E-state index in [2.05, 4.69) is 29.8 Å². The third kappa shape index (κ3) is 8.39. The zero-order chi connectivity index (χ0) is 35.2. The first kappa shape index (κ1) is 37.3. The Morgan fingerprint density at radius 2 is 1.48 bits per heavy atom. The number of nitrogens with one attached hydrogen (secondary N) is 3. The molecule has 260 valence electrons. The van der Waals surface area contributed by atoms with Crippen LogP contribution in [0.4, 0.5) is 4.79 Å². The van der Waals surface area contributed by atoms with Crippen molar-refractivity contribution in [1.82, 2.24) is 20.9 Å². The Kier molecular flexibility index (Phi) is 10.6. The highest BCUT2D eigenvalue weighted by atomic mass is 16.5. The monoisotopic (exact) mass is 647 g/mol. The zero-order valence-electron chi connectivity index (χ0n) is 29.7. The van der Waals surface area contributed by atoms with Gasteiger partial charge in [0, 0.05) is 6.54 Å². The first-order chi connectivity index (χ1) is 20.9. The number of primary amides is 1. The molecule has 1 unspecified atom stereocenters. The number of esters is 1. The number of amides is 5. The Hall–Kier alpha value is -3.18. The number of urea groups is 1. The summed E-state index contributed by atoms with van der Waals surface area (Å²) in [5.41, 5.74) is 3.23. The molecular weight excluding hydrogens is 590 g/mol. The lowest BCUT2D eigenvalue weighted by atomic mass is 9.80. The van der Waals surface area contributed by atoms with Crippen molar-refractivity contribution >= 4 is 35.5 Å². The minimum atomic E-state index is -1.10. The van der Waals surface area contributed by atoms with Crippen molar-refractivity contribution in [2.45, 2.75) is 126 Å². The lowest BCUT2D eigenvalue weighted by molar-refractivity contribution is -0.154. The molecule has 2 saturated carbocycles. The average molecular weight is 648 g/mol. The number of carbonyl (C=O) groups excluding carboxylic acids is 6. The van der Waals surface area contributed by atoms with E-state index in [4.69, 9.17) is 10.5 Å². The topological polar surface area (TPSA) is 177 Å². The summed E-state index contributed by atoms with van der Waals surface area (Å²) in [5.74, 6) is -3.07. The Balaban J connectivity index is 1.80. The second kappa shape index (κ2) is 13.1.